The molecule has 1 aliphatic carbocycles. The zero-order chi connectivity index (χ0) is 21.8. The monoisotopic (exact) mass is 445 g/mol. The highest BCUT2D eigenvalue weighted by Gasteiger charge is 2.30. The molecule has 2 aliphatic rings. The zero-order valence-corrected chi connectivity index (χ0v) is 17.7. The molecule has 0 spiro atoms. The molecule has 1 aromatic carbocycles. The fourth-order valence-electron chi connectivity index (χ4n) is 3.84. The van der Waals surface area contributed by atoms with Gasteiger partial charge in [-0.1, -0.05) is 12.1 Å². The van der Waals surface area contributed by atoms with Crippen LogP contribution in [0, 0.1) is 10.1 Å². The fraction of sp³-hybridized carbons (Fsp3) is 0.429. The number of ether oxygens (including phenoxy) is 2. The Balaban J connectivity index is 1.51. The van der Waals surface area contributed by atoms with Gasteiger partial charge in [0.2, 0.25) is 0 Å². The number of para-hydroxylation sites is 2. The Morgan fingerprint density at radius 3 is 2.71 bits per heavy atom. The highest BCUT2D eigenvalue weighted by molar-refractivity contribution is 7.17. The summed E-state index contributed by atoms with van der Waals surface area (Å²) in [6.07, 6.45) is 3.79. The summed E-state index contributed by atoms with van der Waals surface area (Å²) < 4.78 is 10.7. The number of nitro groups is 1. The number of anilines is 1. The van der Waals surface area contributed by atoms with E-state index >= 15 is 0 Å². The van der Waals surface area contributed by atoms with Crippen molar-refractivity contribution in [2.24, 2.45) is 0 Å². The van der Waals surface area contributed by atoms with Crippen molar-refractivity contribution in [1.29, 1.82) is 0 Å². The standard InChI is InChI=1S/C21H23N3O6S/c25-18(13-30-16-7-3-2-6-15(16)24(27)28)22-20-19(14-5-1-4-8-17(14)31-20)21(26)23-9-11-29-12-10-23/h2-3,6-7H,1,4-5,8-13H2,(H,22,25). The van der Waals surface area contributed by atoms with Crippen LogP contribution in [-0.4, -0.2) is 54.5 Å². The molecule has 2 heterocycles. The number of carbonyl (C=O) groups is 2. The number of hydrogen-bond acceptors (Lipinski definition) is 7. The van der Waals surface area contributed by atoms with Gasteiger partial charge in [0.15, 0.2) is 12.4 Å². The van der Waals surface area contributed by atoms with Crippen LogP contribution in [0.3, 0.4) is 0 Å². The Morgan fingerprint density at radius 1 is 1.19 bits per heavy atom. The molecule has 2 aromatic rings. The molecule has 164 valence electrons. The van der Waals surface area contributed by atoms with E-state index in [1.54, 1.807) is 11.0 Å². The molecule has 10 heteroatoms. The topological polar surface area (TPSA) is 111 Å². The smallest absolute Gasteiger partial charge is 0.310 e. The maximum Gasteiger partial charge on any atom is 0.310 e. The van der Waals surface area contributed by atoms with Gasteiger partial charge in [-0.25, -0.2) is 0 Å². The van der Waals surface area contributed by atoms with Crippen LogP contribution < -0.4 is 10.1 Å². The van der Waals surface area contributed by atoms with Gasteiger partial charge >= 0.3 is 5.69 Å². The first kappa shape index (κ1) is 21.3. The first-order valence-electron chi connectivity index (χ1n) is 10.2. The van der Waals surface area contributed by atoms with Crippen molar-refractivity contribution < 1.29 is 24.0 Å². The molecule has 1 N–H and O–H groups in total. The van der Waals surface area contributed by atoms with Crippen molar-refractivity contribution in [3.63, 3.8) is 0 Å². The highest BCUT2D eigenvalue weighted by atomic mass is 32.1. The minimum absolute atomic E-state index is 0.0257. The summed E-state index contributed by atoms with van der Waals surface area (Å²) in [5.41, 5.74) is 1.40. The number of thiophene rings is 1. The largest absolute Gasteiger partial charge is 0.477 e. The van der Waals surface area contributed by atoms with Gasteiger partial charge in [-0.2, -0.15) is 0 Å². The molecule has 0 atom stereocenters. The van der Waals surface area contributed by atoms with Crippen LogP contribution in [0.5, 0.6) is 5.75 Å². The minimum atomic E-state index is -0.556. The molecule has 1 aromatic heterocycles. The van der Waals surface area contributed by atoms with Gasteiger partial charge in [0.1, 0.15) is 5.00 Å². The molecule has 0 bridgehead atoms. The lowest BCUT2D eigenvalue weighted by Crippen LogP contribution is -2.41. The Morgan fingerprint density at radius 2 is 1.94 bits per heavy atom. The van der Waals surface area contributed by atoms with Crippen molar-refractivity contribution in [1.82, 2.24) is 4.90 Å². The number of nitrogens with zero attached hydrogens (tertiary/aromatic N) is 2. The second kappa shape index (κ2) is 9.44. The summed E-state index contributed by atoms with van der Waals surface area (Å²) in [5, 5.41) is 14.5. The molecule has 1 fully saturated rings. The van der Waals surface area contributed by atoms with Crippen molar-refractivity contribution in [2.75, 3.05) is 38.2 Å². The molecule has 9 nitrogen and oxygen atoms in total. The van der Waals surface area contributed by atoms with Crippen LogP contribution in [0.4, 0.5) is 10.7 Å². The lowest BCUT2D eigenvalue weighted by atomic mass is 9.95. The second-order valence-electron chi connectivity index (χ2n) is 7.38. The summed E-state index contributed by atoms with van der Waals surface area (Å²) in [5.74, 6) is -0.525. The molecular weight excluding hydrogens is 422 g/mol. The molecule has 0 radical (unpaired) electrons. The number of nitrogens with one attached hydrogen (secondary N) is 1. The van der Waals surface area contributed by atoms with Gasteiger partial charge in [-0.15, -0.1) is 11.3 Å². The van der Waals surface area contributed by atoms with Crippen molar-refractivity contribution >= 4 is 33.8 Å². The van der Waals surface area contributed by atoms with E-state index in [9.17, 15) is 19.7 Å². The molecule has 0 saturated carbocycles. The number of fused-ring (bicyclic) bond motifs is 1. The fourth-order valence-corrected chi connectivity index (χ4v) is 5.14. The normalized spacial score (nSPS) is 15.8. The van der Waals surface area contributed by atoms with Crippen LogP contribution in [0.15, 0.2) is 24.3 Å². The van der Waals surface area contributed by atoms with Crippen LogP contribution in [0.1, 0.15) is 33.6 Å². The van der Waals surface area contributed by atoms with Crippen molar-refractivity contribution in [3.8, 4) is 5.75 Å². The number of benzene rings is 1. The molecule has 1 saturated heterocycles. The predicted octanol–water partition coefficient (Wildman–Crippen LogP) is 3.03. The average Bonchev–Trinajstić information content (AvgIpc) is 3.15. The second-order valence-corrected chi connectivity index (χ2v) is 8.49. The number of aryl methyl sites for hydroxylation is 1. The molecule has 1 aliphatic heterocycles. The highest BCUT2D eigenvalue weighted by Crippen LogP contribution is 2.39. The molecule has 0 unspecified atom stereocenters. The summed E-state index contributed by atoms with van der Waals surface area (Å²) in [6, 6.07) is 5.90. The van der Waals surface area contributed by atoms with E-state index in [1.807, 2.05) is 0 Å². The van der Waals surface area contributed by atoms with Crippen LogP contribution in [-0.2, 0) is 22.4 Å². The first-order chi connectivity index (χ1) is 15.0. The molecule has 2 amide bonds. The Hall–Kier alpha value is -2.98. The Kier molecular flexibility index (Phi) is 6.47. The average molecular weight is 445 g/mol. The summed E-state index contributed by atoms with van der Waals surface area (Å²) in [4.78, 5) is 39.3. The molecular formula is C21H23N3O6S. The van der Waals surface area contributed by atoms with Gasteiger partial charge in [-0.3, -0.25) is 19.7 Å². The van der Waals surface area contributed by atoms with E-state index in [4.69, 9.17) is 9.47 Å². The molecule has 31 heavy (non-hydrogen) atoms. The number of morpholine rings is 1. The predicted molar refractivity (Wildman–Crippen MR) is 115 cm³/mol. The lowest BCUT2D eigenvalue weighted by molar-refractivity contribution is -0.385. The summed E-state index contributed by atoms with van der Waals surface area (Å²) in [6.45, 7) is 1.67. The quantitative estimate of drug-likeness (QED) is 0.540. The number of amides is 2. The summed E-state index contributed by atoms with van der Waals surface area (Å²) in [7, 11) is 0. The van der Waals surface area contributed by atoms with E-state index < -0.39 is 17.4 Å². The number of hydrogen-bond donors (Lipinski definition) is 1. The van der Waals surface area contributed by atoms with Gasteiger partial charge in [0.25, 0.3) is 11.8 Å². The summed E-state index contributed by atoms with van der Waals surface area (Å²) >= 11 is 1.44. The van der Waals surface area contributed by atoms with E-state index in [0.29, 0.717) is 36.9 Å². The number of rotatable bonds is 6. The van der Waals surface area contributed by atoms with Crippen molar-refractivity contribution in [3.05, 3.63) is 50.4 Å². The van der Waals surface area contributed by atoms with Crippen LogP contribution in [0.2, 0.25) is 0 Å². The maximum absolute atomic E-state index is 13.3. The minimum Gasteiger partial charge on any atom is -0.477 e. The van der Waals surface area contributed by atoms with Crippen molar-refractivity contribution in [2.45, 2.75) is 25.7 Å². The van der Waals surface area contributed by atoms with E-state index in [2.05, 4.69) is 5.32 Å². The Bertz CT molecular complexity index is 999. The van der Waals surface area contributed by atoms with E-state index in [1.165, 1.54) is 29.5 Å². The van der Waals surface area contributed by atoms with Gasteiger partial charge in [-0.05, 0) is 37.3 Å². The molecule has 4 rings (SSSR count). The third-order valence-electron chi connectivity index (χ3n) is 5.36. The third-order valence-corrected chi connectivity index (χ3v) is 6.56. The first-order valence-corrected chi connectivity index (χ1v) is 11.0. The van der Waals surface area contributed by atoms with Gasteiger partial charge < -0.3 is 19.7 Å². The number of carbonyl (C=O) groups excluding carboxylic acids is 2. The van der Waals surface area contributed by atoms with E-state index in [-0.39, 0.29) is 17.3 Å². The van der Waals surface area contributed by atoms with Crippen LogP contribution in [0.25, 0.3) is 0 Å². The third kappa shape index (κ3) is 4.70. The van der Waals surface area contributed by atoms with Crippen LogP contribution >= 0.6 is 11.3 Å². The Labute approximate surface area is 183 Å². The zero-order valence-electron chi connectivity index (χ0n) is 16.9. The lowest BCUT2D eigenvalue weighted by Gasteiger charge is -2.27. The van der Waals surface area contributed by atoms with E-state index in [0.717, 1.165) is 36.1 Å². The maximum atomic E-state index is 13.3. The van der Waals surface area contributed by atoms with Gasteiger partial charge in [0.05, 0.1) is 23.7 Å². The SMILES string of the molecule is O=C(COc1ccccc1[N+](=O)[O-])Nc1sc2c(c1C(=O)N1CCOCC1)CCCC2. The van der Waals surface area contributed by atoms with Gasteiger partial charge in [0, 0.05) is 24.0 Å². The number of nitro benzene ring substituents is 1.